The molecule has 0 bridgehead atoms. The molecule has 0 amide bonds. The zero-order valence-corrected chi connectivity index (χ0v) is 13.6. The number of benzene rings is 2. The number of carbonyl (C=O) groups excluding carboxylic acids is 1. The van der Waals surface area contributed by atoms with Crippen LogP contribution in [0, 0.1) is 13.8 Å². The number of aryl methyl sites for hydroxylation is 2. The van der Waals surface area contributed by atoms with Gasteiger partial charge in [0.05, 0.1) is 5.41 Å². The van der Waals surface area contributed by atoms with Crippen molar-refractivity contribution in [3.63, 3.8) is 0 Å². The van der Waals surface area contributed by atoms with Crippen LogP contribution < -0.4 is 0 Å². The maximum Gasteiger partial charge on any atom is 0.316 e. The summed E-state index contributed by atoms with van der Waals surface area (Å²) in [5.41, 5.74) is 3.98. The van der Waals surface area contributed by atoms with Gasteiger partial charge in [-0.15, -0.1) is 0 Å². The lowest BCUT2D eigenvalue weighted by atomic mass is 9.96. The highest BCUT2D eigenvalue weighted by atomic mass is 35.5. The van der Waals surface area contributed by atoms with Gasteiger partial charge in [0.15, 0.2) is 0 Å². The van der Waals surface area contributed by atoms with Gasteiger partial charge in [0.1, 0.15) is 6.61 Å². The van der Waals surface area contributed by atoms with Crippen LogP contribution in [0.1, 0.15) is 35.1 Å². The molecule has 1 saturated carbocycles. The third-order valence-corrected chi connectivity index (χ3v) is 4.65. The van der Waals surface area contributed by atoms with Crippen molar-refractivity contribution >= 4 is 17.6 Å². The fourth-order valence-corrected chi connectivity index (χ4v) is 2.92. The molecule has 0 radical (unpaired) electrons. The minimum atomic E-state index is -0.455. The van der Waals surface area contributed by atoms with Crippen molar-refractivity contribution in [2.45, 2.75) is 38.7 Å². The van der Waals surface area contributed by atoms with Crippen LogP contribution in [0.3, 0.4) is 0 Å². The van der Waals surface area contributed by atoms with E-state index in [1.807, 2.05) is 43.3 Å². The van der Waals surface area contributed by atoms with Gasteiger partial charge in [-0.1, -0.05) is 47.5 Å². The van der Waals surface area contributed by atoms with E-state index in [4.69, 9.17) is 16.3 Å². The molecular formula is C19H19ClO2. The molecule has 2 aromatic rings. The molecular weight excluding hydrogens is 296 g/mol. The summed E-state index contributed by atoms with van der Waals surface area (Å²) in [5, 5.41) is 0.684. The molecule has 0 unspecified atom stereocenters. The summed E-state index contributed by atoms with van der Waals surface area (Å²) in [6, 6.07) is 13.7. The average Bonchev–Trinajstić information content (AvgIpc) is 3.28. The van der Waals surface area contributed by atoms with Crippen LogP contribution in [0.5, 0.6) is 0 Å². The van der Waals surface area contributed by atoms with Crippen LogP contribution in [0.2, 0.25) is 5.02 Å². The fraction of sp³-hybridized carbons (Fsp3) is 0.316. The maximum absolute atomic E-state index is 12.5. The predicted octanol–water partition coefficient (Wildman–Crippen LogP) is 4.73. The Morgan fingerprint density at radius 3 is 2.41 bits per heavy atom. The second-order valence-electron chi connectivity index (χ2n) is 6.10. The number of ether oxygens (including phenoxy) is 1. The predicted molar refractivity (Wildman–Crippen MR) is 88.1 cm³/mol. The van der Waals surface area contributed by atoms with E-state index in [9.17, 15) is 4.79 Å². The van der Waals surface area contributed by atoms with E-state index in [0.717, 1.165) is 29.5 Å². The standard InChI is InChI=1S/C19H19ClO2/c1-13-3-4-15(14(2)11-13)12-22-18(21)19(9-10-19)16-5-7-17(20)8-6-16/h3-8,11H,9-10,12H2,1-2H3. The lowest BCUT2D eigenvalue weighted by Crippen LogP contribution is -2.23. The fourth-order valence-electron chi connectivity index (χ4n) is 2.79. The first-order valence-corrected chi connectivity index (χ1v) is 7.88. The highest BCUT2D eigenvalue weighted by Crippen LogP contribution is 2.49. The Hall–Kier alpha value is -1.80. The smallest absolute Gasteiger partial charge is 0.316 e. The number of hydrogen-bond donors (Lipinski definition) is 0. The zero-order valence-electron chi connectivity index (χ0n) is 12.9. The molecule has 3 rings (SSSR count). The van der Waals surface area contributed by atoms with Crippen molar-refractivity contribution in [3.05, 3.63) is 69.7 Å². The zero-order chi connectivity index (χ0) is 15.7. The molecule has 0 aromatic heterocycles. The Bertz CT molecular complexity index is 700. The largest absolute Gasteiger partial charge is 0.460 e. The summed E-state index contributed by atoms with van der Waals surface area (Å²) in [6.45, 7) is 4.44. The van der Waals surface area contributed by atoms with Gasteiger partial charge in [-0.3, -0.25) is 4.79 Å². The van der Waals surface area contributed by atoms with Crippen LogP contribution in [0.15, 0.2) is 42.5 Å². The van der Waals surface area contributed by atoms with Crippen LogP contribution in [0.4, 0.5) is 0 Å². The molecule has 22 heavy (non-hydrogen) atoms. The molecule has 1 aliphatic rings. The van der Waals surface area contributed by atoms with E-state index in [2.05, 4.69) is 13.0 Å². The molecule has 3 heteroatoms. The molecule has 0 saturated heterocycles. The van der Waals surface area contributed by atoms with Crippen molar-refractivity contribution < 1.29 is 9.53 Å². The second kappa shape index (κ2) is 5.77. The van der Waals surface area contributed by atoms with E-state index in [0.29, 0.717) is 11.6 Å². The summed E-state index contributed by atoms with van der Waals surface area (Å²) in [6.07, 6.45) is 1.70. The molecule has 114 valence electrons. The number of esters is 1. The Balaban J connectivity index is 1.70. The van der Waals surface area contributed by atoms with Crippen LogP contribution in [-0.4, -0.2) is 5.97 Å². The molecule has 0 aliphatic heterocycles. The number of rotatable bonds is 4. The quantitative estimate of drug-likeness (QED) is 0.762. The summed E-state index contributed by atoms with van der Waals surface area (Å²) in [7, 11) is 0. The van der Waals surface area contributed by atoms with Gasteiger partial charge in [-0.05, 0) is 55.5 Å². The van der Waals surface area contributed by atoms with Crippen molar-refractivity contribution in [2.75, 3.05) is 0 Å². The molecule has 0 spiro atoms. The molecule has 2 aromatic carbocycles. The Morgan fingerprint density at radius 1 is 1.14 bits per heavy atom. The van der Waals surface area contributed by atoms with Crippen molar-refractivity contribution in [1.29, 1.82) is 0 Å². The Labute approximate surface area is 136 Å². The minimum absolute atomic E-state index is 0.130. The molecule has 0 N–H and O–H groups in total. The van der Waals surface area contributed by atoms with Gasteiger partial charge in [0.25, 0.3) is 0 Å². The molecule has 1 fully saturated rings. The lowest BCUT2D eigenvalue weighted by Gasteiger charge is -2.16. The van der Waals surface area contributed by atoms with Gasteiger partial charge >= 0.3 is 5.97 Å². The monoisotopic (exact) mass is 314 g/mol. The molecule has 0 atom stereocenters. The van der Waals surface area contributed by atoms with Crippen molar-refractivity contribution in [2.24, 2.45) is 0 Å². The highest BCUT2D eigenvalue weighted by Gasteiger charge is 2.52. The average molecular weight is 315 g/mol. The van der Waals surface area contributed by atoms with Gasteiger partial charge in [0.2, 0.25) is 0 Å². The number of halogens is 1. The minimum Gasteiger partial charge on any atom is -0.460 e. The lowest BCUT2D eigenvalue weighted by molar-refractivity contribution is -0.148. The summed E-state index contributed by atoms with van der Waals surface area (Å²) in [5.74, 6) is -0.130. The van der Waals surface area contributed by atoms with E-state index >= 15 is 0 Å². The summed E-state index contributed by atoms with van der Waals surface area (Å²) >= 11 is 5.92. The van der Waals surface area contributed by atoms with Gasteiger partial charge in [-0.2, -0.15) is 0 Å². The number of hydrogen-bond acceptors (Lipinski definition) is 2. The molecule has 1 aliphatic carbocycles. The first kappa shape index (κ1) is 15.1. The topological polar surface area (TPSA) is 26.3 Å². The molecule has 2 nitrogen and oxygen atoms in total. The van der Waals surface area contributed by atoms with Crippen molar-refractivity contribution in [3.8, 4) is 0 Å². The van der Waals surface area contributed by atoms with E-state index in [1.54, 1.807) is 0 Å². The van der Waals surface area contributed by atoms with E-state index < -0.39 is 5.41 Å². The molecule has 0 heterocycles. The van der Waals surface area contributed by atoms with Gasteiger partial charge < -0.3 is 4.74 Å². The summed E-state index contributed by atoms with van der Waals surface area (Å²) < 4.78 is 5.59. The van der Waals surface area contributed by atoms with Crippen LogP contribution >= 0.6 is 11.6 Å². The van der Waals surface area contributed by atoms with E-state index in [1.165, 1.54) is 5.56 Å². The normalized spacial score (nSPS) is 15.4. The highest BCUT2D eigenvalue weighted by molar-refractivity contribution is 6.30. The summed E-state index contributed by atoms with van der Waals surface area (Å²) in [4.78, 5) is 12.5. The second-order valence-corrected chi connectivity index (χ2v) is 6.53. The third-order valence-electron chi connectivity index (χ3n) is 4.39. The Kier molecular flexibility index (Phi) is 3.96. The number of carbonyl (C=O) groups is 1. The Morgan fingerprint density at radius 2 is 1.82 bits per heavy atom. The van der Waals surface area contributed by atoms with E-state index in [-0.39, 0.29) is 5.97 Å². The maximum atomic E-state index is 12.5. The van der Waals surface area contributed by atoms with Crippen LogP contribution in [-0.2, 0) is 21.6 Å². The van der Waals surface area contributed by atoms with Gasteiger partial charge in [0, 0.05) is 5.02 Å². The SMILES string of the molecule is Cc1ccc(COC(=O)C2(c3ccc(Cl)cc3)CC2)c(C)c1. The first-order chi connectivity index (χ1) is 10.5. The third kappa shape index (κ3) is 2.89. The van der Waals surface area contributed by atoms with Crippen molar-refractivity contribution in [1.82, 2.24) is 0 Å². The first-order valence-electron chi connectivity index (χ1n) is 7.51. The van der Waals surface area contributed by atoms with Gasteiger partial charge in [-0.25, -0.2) is 0 Å². The van der Waals surface area contributed by atoms with Crippen LogP contribution in [0.25, 0.3) is 0 Å².